The molecule has 0 unspecified atom stereocenters. The third kappa shape index (κ3) is 5.27. The summed E-state index contributed by atoms with van der Waals surface area (Å²) in [4.78, 5) is 0.227. The van der Waals surface area contributed by atoms with Crippen molar-refractivity contribution < 1.29 is 16.8 Å². The Bertz CT molecular complexity index is 735. The Hall–Kier alpha value is -0.960. The quantitative estimate of drug-likeness (QED) is 0.776. The predicted molar refractivity (Wildman–Crippen MR) is 95.0 cm³/mol. The summed E-state index contributed by atoms with van der Waals surface area (Å²) in [5, 5.41) is 3.31. The molecule has 0 aliphatic carbocycles. The van der Waals surface area contributed by atoms with Crippen molar-refractivity contribution in [1.82, 2.24) is 9.62 Å². The number of benzene rings is 1. The second-order valence-corrected chi connectivity index (χ2v) is 10.4. The number of piperidine rings is 1. The van der Waals surface area contributed by atoms with E-state index in [1.807, 2.05) is 0 Å². The van der Waals surface area contributed by atoms with Crippen molar-refractivity contribution >= 4 is 19.9 Å². The number of rotatable bonds is 7. The Morgan fingerprint density at radius 2 is 1.67 bits per heavy atom. The van der Waals surface area contributed by atoms with Crippen LogP contribution in [0.2, 0.25) is 0 Å². The van der Waals surface area contributed by atoms with E-state index in [-0.39, 0.29) is 10.6 Å². The van der Waals surface area contributed by atoms with Crippen molar-refractivity contribution in [2.45, 2.75) is 30.4 Å². The van der Waals surface area contributed by atoms with Gasteiger partial charge in [0.25, 0.3) is 0 Å². The highest BCUT2D eigenvalue weighted by atomic mass is 32.2. The molecule has 0 amide bonds. The summed E-state index contributed by atoms with van der Waals surface area (Å²) in [5.41, 5.74) is 0.598. The Kier molecular flexibility index (Phi) is 6.41. The van der Waals surface area contributed by atoms with E-state index in [9.17, 15) is 16.8 Å². The summed E-state index contributed by atoms with van der Waals surface area (Å²) in [6, 6.07) is 6.15. The lowest BCUT2D eigenvalue weighted by Crippen LogP contribution is -2.40. The van der Waals surface area contributed by atoms with E-state index >= 15 is 0 Å². The Morgan fingerprint density at radius 1 is 1.08 bits per heavy atom. The molecular formula is C16H26N2O4S2. The first-order chi connectivity index (χ1) is 11.2. The first kappa shape index (κ1) is 19.4. The van der Waals surface area contributed by atoms with E-state index in [1.165, 1.54) is 16.4 Å². The zero-order valence-electron chi connectivity index (χ0n) is 14.2. The SMILES string of the molecule is CCNCC1CCN(S(=O)(=O)c2ccc(CS(C)(=O)=O)cc2)CC1. The molecule has 1 heterocycles. The van der Waals surface area contributed by atoms with Crippen LogP contribution in [-0.4, -0.2) is 53.6 Å². The molecule has 136 valence electrons. The zero-order chi connectivity index (χ0) is 17.8. The molecular weight excluding hydrogens is 348 g/mol. The third-order valence-corrected chi connectivity index (χ3v) is 7.02. The maximum atomic E-state index is 12.7. The zero-order valence-corrected chi connectivity index (χ0v) is 15.9. The molecule has 1 aromatic rings. The van der Waals surface area contributed by atoms with Gasteiger partial charge in [-0.1, -0.05) is 19.1 Å². The maximum Gasteiger partial charge on any atom is 0.243 e. The molecule has 0 spiro atoms. The summed E-state index contributed by atoms with van der Waals surface area (Å²) in [7, 11) is -6.63. The Morgan fingerprint density at radius 3 is 2.17 bits per heavy atom. The van der Waals surface area contributed by atoms with E-state index in [4.69, 9.17) is 0 Å². The highest BCUT2D eigenvalue weighted by Crippen LogP contribution is 2.24. The molecule has 0 aromatic heterocycles. The molecule has 24 heavy (non-hydrogen) atoms. The average molecular weight is 375 g/mol. The minimum Gasteiger partial charge on any atom is -0.317 e. The van der Waals surface area contributed by atoms with Gasteiger partial charge >= 0.3 is 0 Å². The minimum absolute atomic E-state index is 0.0802. The predicted octanol–water partition coefficient (Wildman–Crippen LogP) is 1.24. The number of nitrogens with zero attached hydrogens (tertiary/aromatic N) is 1. The number of sulfone groups is 1. The van der Waals surface area contributed by atoms with Crippen LogP contribution in [0.5, 0.6) is 0 Å². The fourth-order valence-electron chi connectivity index (χ4n) is 2.91. The average Bonchev–Trinajstić information content (AvgIpc) is 2.52. The molecule has 1 N–H and O–H groups in total. The van der Waals surface area contributed by atoms with E-state index < -0.39 is 19.9 Å². The molecule has 1 aliphatic heterocycles. The molecule has 0 saturated carbocycles. The van der Waals surface area contributed by atoms with Crippen molar-refractivity contribution in [3.05, 3.63) is 29.8 Å². The van der Waals surface area contributed by atoms with Gasteiger partial charge in [-0.3, -0.25) is 0 Å². The van der Waals surface area contributed by atoms with Crippen LogP contribution in [0.4, 0.5) is 0 Å². The van der Waals surface area contributed by atoms with Gasteiger partial charge in [-0.15, -0.1) is 0 Å². The van der Waals surface area contributed by atoms with Crippen molar-refractivity contribution in [2.24, 2.45) is 5.92 Å². The van der Waals surface area contributed by atoms with Gasteiger partial charge in [0.05, 0.1) is 10.6 Å². The van der Waals surface area contributed by atoms with Crippen molar-refractivity contribution in [3.8, 4) is 0 Å². The van der Waals surface area contributed by atoms with Gasteiger partial charge in [0, 0.05) is 19.3 Å². The molecule has 2 rings (SSSR count). The van der Waals surface area contributed by atoms with Crippen LogP contribution in [0.1, 0.15) is 25.3 Å². The second kappa shape index (κ2) is 7.95. The second-order valence-electron chi connectivity index (χ2n) is 6.37. The van der Waals surface area contributed by atoms with Gasteiger partial charge < -0.3 is 5.32 Å². The maximum absolute atomic E-state index is 12.7. The van der Waals surface area contributed by atoms with Gasteiger partial charge in [0.15, 0.2) is 9.84 Å². The summed E-state index contributed by atoms with van der Waals surface area (Å²) in [6.45, 7) is 4.99. The molecule has 0 atom stereocenters. The van der Waals surface area contributed by atoms with Crippen LogP contribution >= 0.6 is 0 Å². The third-order valence-electron chi connectivity index (χ3n) is 4.25. The van der Waals surface area contributed by atoms with Crippen LogP contribution in [-0.2, 0) is 25.6 Å². The lowest BCUT2D eigenvalue weighted by atomic mass is 9.98. The summed E-state index contributed by atoms with van der Waals surface area (Å²) >= 11 is 0. The lowest BCUT2D eigenvalue weighted by Gasteiger charge is -2.31. The van der Waals surface area contributed by atoms with Crippen molar-refractivity contribution in [3.63, 3.8) is 0 Å². The number of hydrogen-bond acceptors (Lipinski definition) is 5. The highest BCUT2D eigenvalue weighted by molar-refractivity contribution is 7.90. The minimum atomic E-state index is -3.50. The monoisotopic (exact) mass is 374 g/mol. The fourth-order valence-corrected chi connectivity index (χ4v) is 5.18. The fraction of sp³-hybridized carbons (Fsp3) is 0.625. The molecule has 1 saturated heterocycles. The largest absolute Gasteiger partial charge is 0.317 e. The smallest absolute Gasteiger partial charge is 0.243 e. The molecule has 1 aromatic carbocycles. The number of hydrogen-bond donors (Lipinski definition) is 1. The number of nitrogens with one attached hydrogen (secondary N) is 1. The van der Waals surface area contributed by atoms with Crippen LogP contribution in [0, 0.1) is 5.92 Å². The summed E-state index contributed by atoms with van der Waals surface area (Å²) < 4.78 is 49.5. The standard InChI is InChI=1S/C16H26N2O4S2/c1-3-17-12-14-8-10-18(11-9-14)24(21,22)16-6-4-15(5-7-16)13-23(2,19)20/h4-7,14,17H,3,8-13H2,1-2H3. The first-order valence-corrected chi connectivity index (χ1v) is 11.7. The van der Waals surface area contributed by atoms with Crippen molar-refractivity contribution in [1.29, 1.82) is 0 Å². The molecule has 6 nitrogen and oxygen atoms in total. The van der Waals surface area contributed by atoms with E-state index in [1.54, 1.807) is 12.1 Å². The lowest BCUT2D eigenvalue weighted by molar-refractivity contribution is 0.268. The van der Waals surface area contributed by atoms with E-state index in [0.29, 0.717) is 24.6 Å². The van der Waals surface area contributed by atoms with Gasteiger partial charge in [-0.25, -0.2) is 16.8 Å². The van der Waals surface area contributed by atoms with Gasteiger partial charge in [-0.05, 0) is 49.5 Å². The first-order valence-electron chi connectivity index (χ1n) is 8.20. The number of sulfonamides is 1. The van der Waals surface area contributed by atoms with Crippen LogP contribution in [0.25, 0.3) is 0 Å². The van der Waals surface area contributed by atoms with Crippen LogP contribution < -0.4 is 5.32 Å². The molecule has 1 fully saturated rings. The van der Waals surface area contributed by atoms with Crippen LogP contribution in [0.3, 0.4) is 0 Å². The normalized spacial score (nSPS) is 17.9. The Balaban J connectivity index is 2.03. The molecule has 0 bridgehead atoms. The summed E-state index contributed by atoms with van der Waals surface area (Å²) in [5.74, 6) is 0.442. The van der Waals surface area contributed by atoms with Gasteiger partial charge in [0.2, 0.25) is 10.0 Å². The van der Waals surface area contributed by atoms with Crippen molar-refractivity contribution in [2.75, 3.05) is 32.4 Å². The molecule has 1 aliphatic rings. The van der Waals surface area contributed by atoms with Gasteiger partial charge in [-0.2, -0.15) is 4.31 Å². The van der Waals surface area contributed by atoms with E-state index in [2.05, 4.69) is 12.2 Å². The van der Waals surface area contributed by atoms with E-state index in [0.717, 1.165) is 32.2 Å². The Labute approximate surface area is 145 Å². The molecule has 0 radical (unpaired) electrons. The molecule has 8 heteroatoms. The topological polar surface area (TPSA) is 83.6 Å². The van der Waals surface area contributed by atoms with Crippen LogP contribution in [0.15, 0.2) is 29.2 Å². The van der Waals surface area contributed by atoms with Gasteiger partial charge in [0.1, 0.15) is 0 Å². The summed E-state index contributed by atoms with van der Waals surface area (Å²) in [6.07, 6.45) is 2.88. The highest BCUT2D eigenvalue weighted by Gasteiger charge is 2.29.